The van der Waals surface area contributed by atoms with Crippen molar-refractivity contribution >= 4 is 52.3 Å². The smallest absolute Gasteiger partial charge is 0.338 e. The maximum Gasteiger partial charge on any atom is 0.338 e. The molecule has 2 aromatic heterocycles. The van der Waals surface area contributed by atoms with Crippen molar-refractivity contribution in [1.29, 1.82) is 0 Å². The van der Waals surface area contributed by atoms with Crippen molar-refractivity contribution in [3.8, 4) is 11.3 Å². The summed E-state index contributed by atoms with van der Waals surface area (Å²) in [6.45, 7) is 5.04. The highest BCUT2D eigenvalue weighted by atomic mass is 35.5. The van der Waals surface area contributed by atoms with E-state index in [4.69, 9.17) is 32.4 Å². The lowest BCUT2D eigenvalue weighted by molar-refractivity contribution is -0.385. The molecule has 204 valence electrons. The number of halogens is 2. The van der Waals surface area contributed by atoms with Gasteiger partial charge in [0.1, 0.15) is 11.5 Å². The molecule has 1 atom stereocenters. The Morgan fingerprint density at radius 1 is 1.23 bits per heavy atom. The second-order valence-corrected chi connectivity index (χ2v) is 10.7. The van der Waals surface area contributed by atoms with Gasteiger partial charge in [-0.25, -0.2) is 9.79 Å². The molecule has 0 aliphatic carbocycles. The van der Waals surface area contributed by atoms with Gasteiger partial charge in [0, 0.05) is 23.3 Å². The Kier molecular flexibility index (Phi) is 7.50. The standard InChI is InChI=1S/C28H21Cl2N3O6S/c1-4-38-27(35)23-15(3)31-28-32(25(23)16-9-8-14(2)20(12-16)33(36)37)26(34)22(40-28)13-17-10-11-21(39-17)18-6-5-7-19(29)24(18)30/h5-13,25H,4H2,1-3H3. The predicted octanol–water partition coefficient (Wildman–Crippen LogP) is 5.58. The lowest BCUT2D eigenvalue weighted by Gasteiger charge is -2.24. The van der Waals surface area contributed by atoms with Crippen LogP contribution in [0.2, 0.25) is 10.0 Å². The lowest BCUT2D eigenvalue weighted by atomic mass is 9.94. The number of allylic oxidation sites excluding steroid dienone is 1. The number of ether oxygens (including phenoxy) is 1. The number of thiazole rings is 1. The van der Waals surface area contributed by atoms with Crippen LogP contribution in [0.1, 0.15) is 36.8 Å². The van der Waals surface area contributed by atoms with Gasteiger partial charge < -0.3 is 9.15 Å². The third-order valence-electron chi connectivity index (χ3n) is 6.38. The molecule has 0 radical (unpaired) electrons. The van der Waals surface area contributed by atoms with Crippen LogP contribution in [0.4, 0.5) is 5.69 Å². The Morgan fingerprint density at radius 3 is 2.73 bits per heavy atom. The van der Waals surface area contributed by atoms with Crippen molar-refractivity contribution in [3.63, 3.8) is 0 Å². The number of aryl methyl sites for hydroxylation is 1. The number of fused-ring (bicyclic) bond motifs is 1. The van der Waals surface area contributed by atoms with Crippen molar-refractivity contribution in [2.75, 3.05) is 6.61 Å². The number of furan rings is 1. The Labute approximate surface area is 241 Å². The van der Waals surface area contributed by atoms with Gasteiger partial charge in [0.05, 0.1) is 43.4 Å². The molecule has 40 heavy (non-hydrogen) atoms. The van der Waals surface area contributed by atoms with Gasteiger partial charge in [-0.3, -0.25) is 19.5 Å². The fraction of sp³-hybridized carbons (Fsp3) is 0.179. The van der Waals surface area contributed by atoms with Gasteiger partial charge in [-0.05, 0) is 50.6 Å². The molecule has 0 saturated heterocycles. The summed E-state index contributed by atoms with van der Waals surface area (Å²) in [5.41, 5.74) is 1.37. The zero-order chi connectivity index (χ0) is 28.7. The molecular formula is C28H21Cl2N3O6S. The van der Waals surface area contributed by atoms with Crippen molar-refractivity contribution in [3.05, 3.63) is 117 Å². The molecule has 9 nitrogen and oxygen atoms in total. The Morgan fingerprint density at radius 2 is 2.00 bits per heavy atom. The van der Waals surface area contributed by atoms with E-state index in [-0.39, 0.29) is 17.9 Å². The molecule has 5 rings (SSSR count). The van der Waals surface area contributed by atoms with E-state index in [2.05, 4.69) is 4.99 Å². The number of benzene rings is 2. The average Bonchev–Trinajstić information content (AvgIpc) is 3.49. The van der Waals surface area contributed by atoms with E-state index < -0.39 is 22.5 Å². The number of nitro benzene ring substituents is 1. The first-order chi connectivity index (χ1) is 19.1. The van der Waals surface area contributed by atoms with Crippen molar-refractivity contribution < 1.29 is 18.9 Å². The molecule has 0 bridgehead atoms. The predicted molar refractivity (Wildman–Crippen MR) is 152 cm³/mol. The maximum atomic E-state index is 13.8. The van der Waals surface area contributed by atoms with Gasteiger partial charge >= 0.3 is 5.97 Å². The molecule has 1 aliphatic rings. The molecule has 12 heteroatoms. The van der Waals surface area contributed by atoms with Crippen molar-refractivity contribution in [2.24, 2.45) is 4.99 Å². The number of carbonyl (C=O) groups excluding carboxylic acids is 1. The van der Waals surface area contributed by atoms with Gasteiger partial charge in [-0.15, -0.1) is 0 Å². The molecule has 4 aromatic rings. The molecule has 0 amide bonds. The fourth-order valence-electron chi connectivity index (χ4n) is 4.50. The third-order valence-corrected chi connectivity index (χ3v) is 8.18. The summed E-state index contributed by atoms with van der Waals surface area (Å²) in [7, 11) is 0. The summed E-state index contributed by atoms with van der Waals surface area (Å²) in [4.78, 5) is 42.9. The minimum absolute atomic E-state index is 0.109. The van der Waals surface area contributed by atoms with Crippen LogP contribution in [0.3, 0.4) is 0 Å². The number of esters is 1. The Hall–Kier alpha value is -3.99. The molecule has 3 heterocycles. The number of nitrogens with zero attached hydrogens (tertiary/aromatic N) is 3. The Bertz CT molecular complexity index is 1900. The quantitative estimate of drug-likeness (QED) is 0.163. The molecular weight excluding hydrogens is 577 g/mol. The minimum atomic E-state index is -0.978. The number of aromatic nitrogens is 1. The van der Waals surface area contributed by atoms with Crippen LogP contribution < -0.4 is 14.9 Å². The molecule has 2 aromatic carbocycles. The normalized spacial score (nSPS) is 15.1. The maximum absolute atomic E-state index is 13.8. The first-order valence-corrected chi connectivity index (χ1v) is 13.7. The van der Waals surface area contributed by atoms with Crippen LogP contribution in [0, 0.1) is 17.0 Å². The number of hydrogen-bond acceptors (Lipinski definition) is 8. The van der Waals surface area contributed by atoms with Gasteiger partial charge in [0.25, 0.3) is 11.2 Å². The van der Waals surface area contributed by atoms with E-state index in [0.29, 0.717) is 53.3 Å². The van der Waals surface area contributed by atoms with Crippen LogP contribution in [0.5, 0.6) is 0 Å². The van der Waals surface area contributed by atoms with Crippen LogP contribution in [-0.2, 0) is 9.53 Å². The molecule has 0 N–H and O–H groups in total. The van der Waals surface area contributed by atoms with Gasteiger partial charge in [0.2, 0.25) is 0 Å². The molecule has 0 fully saturated rings. The van der Waals surface area contributed by atoms with Gasteiger partial charge in [0.15, 0.2) is 4.80 Å². The third kappa shape index (κ3) is 4.90. The van der Waals surface area contributed by atoms with E-state index in [0.717, 1.165) is 11.3 Å². The van der Waals surface area contributed by atoms with E-state index in [1.807, 2.05) is 0 Å². The van der Waals surface area contributed by atoms with Crippen LogP contribution in [0.25, 0.3) is 17.4 Å². The second kappa shape index (κ2) is 10.9. The van der Waals surface area contributed by atoms with E-state index in [1.165, 1.54) is 10.6 Å². The highest BCUT2D eigenvalue weighted by Crippen LogP contribution is 2.35. The number of rotatable bonds is 6. The monoisotopic (exact) mass is 597 g/mol. The first-order valence-electron chi connectivity index (χ1n) is 12.1. The lowest BCUT2D eigenvalue weighted by Crippen LogP contribution is -2.40. The SMILES string of the molecule is CCOC(=O)C1=C(C)N=c2sc(=Cc3ccc(-c4cccc(Cl)c4Cl)o3)c(=O)n2C1c1ccc(C)c([N+](=O)[O-])c1. The molecule has 1 aliphatic heterocycles. The van der Waals surface area contributed by atoms with E-state index >= 15 is 0 Å². The van der Waals surface area contributed by atoms with Gasteiger partial charge in [-0.1, -0.05) is 52.7 Å². The van der Waals surface area contributed by atoms with E-state index in [1.54, 1.807) is 69.3 Å². The van der Waals surface area contributed by atoms with Crippen molar-refractivity contribution in [1.82, 2.24) is 4.57 Å². The van der Waals surface area contributed by atoms with Crippen LogP contribution >= 0.6 is 34.5 Å². The molecule has 0 spiro atoms. The number of nitro groups is 1. The van der Waals surface area contributed by atoms with Gasteiger partial charge in [-0.2, -0.15) is 0 Å². The zero-order valence-electron chi connectivity index (χ0n) is 21.4. The average molecular weight is 598 g/mol. The summed E-state index contributed by atoms with van der Waals surface area (Å²) in [5, 5.41) is 12.4. The summed E-state index contributed by atoms with van der Waals surface area (Å²) < 4.78 is 12.9. The highest BCUT2D eigenvalue weighted by molar-refractivity contribution is 7.07. The number of carbonyl (C=O) groups is 1. The topological polar surface area (TPSA) is 117 Å². The summed E-state index contributed by atoms with van der Waals surface area (Å²) in [6, 6.07) is 12.3. The largest absolute Gasteiger partial charge is 0.463 e. The molecule has 1 unspecified atom stereocenters. The highest BCUT2D eigenvalue weighted by Gasteiger charge is 2.34. The van der Waals surface area contributed by atoms with E-state index in [9.17, 15) is 19.7 Å². The fourth-order valence-corrected chi connectivity index (χ4v) is 5.92. The van der Waals surface area contributed by atoms with Crippen molar-refractivity contribution in [2.45, 2.75) is 26.8 Å². The first kappa shape index (κ1) is 27.6. The zero-order valence-corrected chi connectivity index (χ0v) is 23.8. The summed E-state index contributed by atoms with van der Waals surface area (Å²) >= 11 is 13.6. The summed E-state index contributed by atoms with van der Waals surface area (Å²) in [5.74, 6) is 0.206. The summed E-state index contributed by atoms with van der Waals surface area (Å²) in [6.07, 6.45) is 1.57. The van der Waals surface area contributed by atoms with Crippen LogP contribution in [-0.4, -0.2) is 22.1 Å². The number of hydrogen-bond donors (Lipinski definition) is 0. The second-order valence-electron chi connectivity index (χ2n) is 8.91. The Balaban J connectivity index is 1.67. The molecule has 0 saturated carbocycles. The minimum Gasteiger partial charge on any atom is -0.463 e. The van der Waals surface area contributed by atoms with Crippen LogP contribution in [0.15, 0.2) is 74.0 Å².